The molecule has 1 fully saturated rings. The van der Waals surface area contributed by atoms with Crippen molar-refractivity contribution >= 4 is 5.78 Å². The van der Waals surface area contributed by atoms with Gasteiger partial charge >= 0.3 is 0 Å². The summed E-state index contributed by atoms with van der Waals surface area (Å²) < 4.78 is 0. The maximum Gasteiger partial charge on any atom is 0.191 e. The Balaban J connectivity index is 2.20. The van der Waals surface area contributed by atoms with E-state index in [4.69, 9.17) is 0 Å². The number of rotatable bonds is 5. The Kier molecular flexibility index (Phi) is 5.83. The van der Waals surface area contributed by atoms with Gasteiger partial charge in [-0.05, 0) is 49.4 Å². The van der Waals surface area contributed by atoms with E-state index < -0.39 is 0 Å². The molecule has 4 nitrogen and oxygen atoms in total. The summed E-state index contributed by atoms with van der Waals surface area (Å²) in [6, 6.07) is 3.82. The van der Waals surface area contributed by atoms with Gasteiger partial charge in [-0.25, -0.2) is 0 Å². The number of allylic oxidation sites excluding steroid dienone is 1. The zero-order valence-electron chi connectivity index (χ0n) is 14.7. The number of hydrogen-bond donors (Lipinski definition) is 1. The summed E-state index contributed by atoms with van der Waals surface area (Å²) >= 11 is 0. The summed E-state index contributed by atoms with van der Waals surface area (Å²) in [5.74, 6) is 0.661. The highest BCUT2D eigenvalue weighted by Gasteiger charge is 2.18. The third kappa shape index (κ3) is 4.83. The number of aromatic hydroxyl groups is 1. The van der Waals surface area contributed by atoms with Crippen molar-refractivity contribution in [3.63, 3.8) is 0 Å². The Morgan fingerprint density at radius 2 is 2.17 bits per heavy atom. The van der Waals surface area contributed by atoms with E-state index in [0.29, 0.717) is 5.56 Å². The van der Waals surface area contributed by atoms with Gasteiger partial charge in [-0.1, -0.05) is 13.0 Å². The largest absolute Gasteiger partial charge is 0.507 e. The smallest absolute Gasteiger partial charge is 0.191 e. The van der Waals surface area contributed by atoms with Gasteiger partial charge in [0.2, 0.25) is 0 Å². The Morgan fingerprint density at radius 3 is 2.83 bits per heavy atom. The number of nitrogens with zero attached hydrogens (tertiary/aromatic N) is 2. The molecule has 0 unspecified atom stereocenters. The molecular formula is C19H28N2O2. The maximum absolute atomic E-state index is 12.3. The molecule has 1 aromatic carbocycles. The van der Waals surface area contributed by atoms with Crippen LogP contribution in [0.5, 0.6) is 5.75 Å². The first kappa shape index (κ1) is 17.5. The minimum absolute atomic E-state index is 0.0918. The second-order valence-electron chi connectivity index (χ2n) is 6.94. The van der Waals surface area contributed by atoms with Gasteiger partial charge in [0.15, 0.2) is 5.78 Å². The standard InChI is InChI=1S/C19H28N2O2/c1-14-6-5-8-21(12-14)13-16-10-15(2)19(23)17(11-16)18(22)7-9-20(3)4/h7,9-11,14,23H,5-6,8,12-13H2,1-4H3/t14-/m0/s1. The first-order valence-corrected chi connectivity index (χ1v) is 8.30. The Labute approximate surface area is 139 Å². The minimum atomic E-state index is -0.159. The van der Waals surface area contributed by atoms with Crippen molar-refractivity contribution in [1.29, 1.82) is 0 Å². The maximum atomic E-state index is 12.3. The van der Waals surface area contributed by atoms with Gasteiger partial charge in [-0.3, -0.25) is 9.69 Å². The van der Waals surface area contributed by atoms with Crippen molar-refractivity contribution < 1.29 is 9.90 Å². The zero-order chi connectivity index (χ0) is 17.0. The van der Waals surface area contributed by atoms with Crippen LogP contribution in [0.15, 0.2) is 24.4 Å². The van der Waals surface area contributed by atoms with E-state index >= 15 is 0 Å². The van der Waals surface area contributed by atoms with Crippen LogP contribution in [0, 0.1) is 12.8 Å². The highest BCUT2D eigenvalue weighted by Crippen LogP contribution is 2.26. The number of aryl methyl sites for hydroxylation is 1. The van der Waals surface area contributed by atoms with Gasteiger partial charge in [0.25, 0.3) is 0 Å². The monoisotopic (exact) mass is 316 g/mol. The van der Waals surface area contributed by atoms with Gasteiger partial charge in [0.05, 0.1) is 5.56 Å². The van der Waals surface area contributed by atoms with Crippen LogP contribution in [0.4, 0.5) is 0 Å². The molecule has 23 heavy (non-hydrogen) atoms. The molecule has 1 aliphatic heterocycles. The van der Waals surface area contributed by atoms with Gasteiger partial charge in [0.1, 0.15) is 5.75 Å². The van der Waals surface area contributed by atoms with E-state index in [1.807, 2.05) is 33.2 Å². The highest BCUT2D eigenvalue weighted by atomic mass is 16.3. The van der Waals surface area contributed by atoms with Gasteiger partial charge in [-0.15, -0.1) is 0 Å². The first-order chi connectivity index (χ1) is 10.9. The van der Waals surface area contributed by atoms with Crippen molar-refractivity contribution in [3.8, 4) is 5.75 Å². The molecular weight excluding hydrogens is 288 g/mol. The molecule has 2 rings (SSSR count). The predicted molar refractivity (Wildman–Crippen MR) is 93.7 cm³/mol. The molecule has 0 aliphatic carbocycles. The number of hydrogen-bond acceptors (Lipinski definition) is 4. The average Bonchev–Trinajstić information content (AvgIpc) is 2.48. The van der Waals surface area contributed by atoms with Crippen molar-refractivity contribution in [3.05, 3.63) is 41.1 Å². The molecule has 1 N–H and O–H groups in total. The number of likely N-dealkylation sites (tertiary alicyclic amines) is 1. The second kappa shape index (κ2) is 7.64. The zero-order valence-corrected chi connectivity index (χ0v) is 14.7. The lowest BCUT2D eigenvalue weighted by atomic mass is 9.98. The lowest BCUT2D eigenvalue weighted by Crippen LogP contribution is -2.33. The molecule has 1 aromatic rings. The highest BCUT2D eigenvalue weighted by molar-refractivity contribution is 6.06. The summed E-state index contributed by atoms with van der Waals surface area (Å²) in [5, 5.41) is 10.2. The average molecular weight is 316 g/mol. The van der Waals surface area contributed by atoms with Crippen LogP contribution in [-0.4, -0.2) is 47.9 Å². The lowest BCUT2D eigenvalue weighted by Gasteiger charge is -2.31. The third-order valence-corrected chi connectivity index (χ3v) is 4.30. The molecule has 0 amide bonds. The molecule has 0 radical (unpaired) electrons. The number of phenolic OH excluding ortho intramolecular Hbond substituents is 1. The van der Waals surface area contributed by atoms with Crippen molar-refractivity contribution in [1.82, 2.24) is 9.80 Å². The molecule has 1 saturated heterocycles. The molecule has 0 bridgehead atoms. The fourth-order valence-corrected chi connectivity index (χ4v) is 3.13. The Bertz CT molecular complexity index is 593. The normalized spacial score (nSPS) is 19.2. The number of ketones is 1. The number of piperidine rings is 1. The third-order valence-electron chi connectivity index (χ3n) is 4.30. The molecule has 1 aliphatic rings. The second-order valence-corrected chi connectivity index (χ2v) is 6.94. The Hall–Kier alpha value is -1.81. The molecule has 0 spiro atoms. The van der Waals surface area contributed by atoms with Crippen LogP contribution < -0.4 is 0 Å². The molecule has 4 heteroatoms. The van der Waals surface area contributed by atoms with Crippen LogP contribution in [0.25, 0.3) is 0 Å². The fraction of sp³-hybridized carbons (Fsp3) is 0.526. The summed E-state index contributed by atoms with van der Waals surface area (Å²) in [4.78, 5) is 16.6. The molecule has 1 heterocycles. The van der Waals surface area contributed by atoms with Crippen LogP contribution in [-0.2, 0) is 6.54 Å². The van der Waals surface area contributed by atoms with Crippen LogP contribution >= 0.6 is 0 Å². The molecule has 0 aromatic heterocycles. The molecule has 1 atom stereocenters. The summed E-state index contributed by atoms with van der Waals surface area (Å²) in [6.45, 7) is 7.18. The number of phenols is 1. The van der Waals surface area contributed by atoms with E-state index in [1.54, 1.807) is 11.1 Å². The van der Waals surface area contributed by atoms with Gasteiger partial charge in [0, 0.05) is 39.5 Å². The van der Waals surface area contributed by atoms with E-state index in [2.05, 4.69) is 11.8 Å². The predicted octanol–water partition coefficient (Wildman–Crippen LogP) is 3.19. The number of benzene rings is 1. The van der Waals surface area contributed by atoms with Gasteiger partial charge < -0.3 is 10.0 Å². The topological polar surface area (TPSA) is 43.8 Å². The van der Waals surface area contributed by atoms with Crippen molar-refractivity contribution in [2.75, 3.05) is 27.2 Å². The summed E-state index contributed by atoms with van der Waals surface area (Å²) in [6.07, 6.45) is 5.73. The van der Waals surface area contributed by atoms with E-state index in [-0.39, 0.29) is 11.5 Å². The Morgan fingerprint density at radius 1 is 1.43 bits per heavy atom. The number of carbonyl (C=O) groups excluding carboxylic acids is 1. The molecule has 0 saturated carbocycles. The lowest BCUT2D eigenvalue weighted by molar-refractivity contribution is 0.104. The van der Waals surface area contributed by atoms with Crippen molar-refractivity contribution in [2.45, 2.75) is 33.2 Å². The van der Waals surface area contributed by atoms with Crippen LogP contribution in [0.2, 0.25) is 0 Å². The molecule has 126 valence electrons. The van der Waals surface area contributed by atoms with Crippen LogP contribution in [0.3, 0.4) is 0 Å². The van der Waals surface area contributed by atoms with Gasteiger partial charge in [-0.2, -0.15) is 0 Å². The number of carbonyl (C=O) groups is 1. The quantitative estimate of drug-likeness (QED) is 0.669. The fourth-order valence-electron chi connectivity index (χ4n) is 3.13. The van der Waals surface area contributed by atoms with E-state index in [0.717, 1.165) is 36.7 Å². The van der Waals surface area contributed by atoms with E-state index in [9.17, 15) is 9.90 Å². The summed E-state index contributed by atoms with van der Waals surface area (Å²) in [7, 11) is 3.73. The minimum Gasteiger partial charge on any atom is -0.507 e. The van der Waals surface area contributed by atoms with Crippen molar-refractivity contribution in [2.24, 2.45) is 5.92 Å². The van der Waals surface area contributed by atoms with Crippen LogP contribution in [0.1, 0.15) is 41.3 Å². The van der Waals surface area contributed by atoms with E-state index in [1.165, 1.54) is 18.9 Å². The first-order valence-electron chi connectivity index (χ1n) is 8.30. The summed E-state index contributed by atoms with van der Waals surface area (Å²) in [5.41, 5.74) is 2.24. The SMILES string of the molecule is Cc1cc(CN2CCC[C@H](C)C2)cc(C(=O)C=CN(C)C)c1O.